The van der Waals surface area contributed by atoms with E-state index in [2.05, 4.69) is 50.8 Å². The molecule has 4 aromatic rings. The molecule has 3 heterocycles. The van der Waals surface area contributed by atoms with Gasteiger partial charge in [0.15, 0.2) is 0 Å². The van der Waals surface area contributed by atoms with Crippen LogP contribution in [0.3, 0.4) is 0 Å². The van der Waals surface area contributed by atoms with Gasteiger partial charge in [-0.05, 0) is 61.2 Å². The minimum atomic E-state index is 0.627. The molecule has 2 aromatic heterocycles. The van der Waals surface area contributed by atoms with Crippen LogP contribution in [0.1, 0.15) is 24.0 Å². The third-order valence-corrected chi connectivity index (χ3v) is 5.74. The van der Waals surface area contributed by atoms with E-state index in [1.165, 1.54) is 5.56 Å². The van der Waals surface area contributed by atoms with Gasteiger partial charge in [-0.15, -0.1) is 0 Å². The van der Waals surface area contributed by atoms with Gasteiger partial charge in [-0.1, -0.05) is 12.1 Å². The molecule has 0 aliphatic carbocycles. The van der Waals surface area contributed by atoms with Crippen LogP contribution in [0, 0.1) is 17.2 Å². The molecule has 1 aliphatic rings. The number of hydrogen-bond acceptors (Lipinski definition) is 4. The molecule has 1 fully saturated rings. The number of nitriles is 1. The molecular formula is C23H23N5O. The number of nitrogens with zero attached hydrogens (tertiary/aromatic N) is 2. The van der Waals surface area contributed by atoms with E-state index in [0.717, 1.165) is 78.3 Å². The average molecular weight is 385 g/mol. The van der Waals surface area contributed by atoms with Gasteiger partial charge in [0.1, 0.15) is 5.69 Å². The zero-order valence-corrected chi connectivity index (χ0v) is 16.2. The van der Waals surface area contributed by atoms with E-state index < -0.39 is 0 Å². The standard InChI is InChI=1S/C23H23N5O/c24-12-16-2-4-19-21(9-16)27-28-23(19)22-11-18-3-1-17(10-20(18)26-22)14-25-13-15-5-7-29-8-6-15/h1-4,9-11,15,25-26H,5-8,13-14H2,(H,27,28). The van der Waals surface area contributed by atoms with Crippen molar-refractivity contribution in [2.75, 3.05) is 19.8 Å². The molecule has 6 nitrogen and oxygen atoms in total. The number of benzene rings is 2. The molecule has 0 saturated carbocycles. The molecule has 6 heteroatoms. The van der Waals surface area contributed by atoms with Crippen LogP contribution in [0.5, 0.6) is 0 Å². The number of aromatic amines is 2. The van der Waals surface area contributed by atoms with E-state index in [1.54, 1.807) is 0 Å². The summed E-state index contributed by atoms with van der Waals surface area (Å²) in [4.78, 5) is 3.51. The molecule has 1 saturated heterocycles. The average Bonchev–Trinajstić information content (AvgIpc) is 3.37. The van der Waals surface area contributed by atoms with Gasteiger partial charge in [0.05, 0.1) is 22.8 Å². The predicted octanol–water partition coefficient (Wildman–Crippen LogP) is 4.10. The number of nitrogens with one attached hydrogen (secondary N) is 3. The molecule has 2 aromatic carbocycles. The first-order valence-electron chi connectivity index (χ1n) is 10.1. The Morgan fingerprint density at radius 1 is 1.10 bits per heavy atom. The van der Waals surface area contributed by atoms with E-state index in [0.29, 0.717) is 5.56 Å². The molecule has 5 rings (SSSR count). The van der Waals surface area contributed by atoms with Crippen molar-refractivity contribution in [1.29, 1.82) is 5.26 Å². The molecule has 0 unspecified atom stereocenters. The molecule has 0 radical (unpaired) electrons. The van der Waals surface area contributed by atoms with Crippen molar-refractivity contribution in [2.45, 2.75) is 19.4 Å². The minimum absolute atomic E-state index is 0.627. The zero-order chi connectivity index (χ0) is 19.6. The van der Waals surface area contributed by atoms with Crippen LogP contribution in [0.2, 0.25) is 0 Å². The predicted molar refractivity (Wildman–Crippen MR) is 113 cm³/mol. The smallest absolute Gasteiger partial charge is 0.116 e. The van der Waals surface area contributed by atoms with Crippen molar-refractivity contribution in [1.82, 2.24) is 20.5 Å². The Morgan fingerprint density at radius 3 is 2.86 bits per heavy atom. The lowest BCUT2D eigenvalue weighted by atomic mass is 10.0. The summed E-state index contributed by atoms with van der Waals surface area (Å²) < 4.78 is 5.43. The second kappa shape index (κ2) is 7.70. The van der Waals surface area contributed by atoms with Gasteiger partial charge in [0.2, 0.25) is 0 Å². The Morgan fingerprint density at radius 2 is 2.00 bits per heavy atom. The minimum Gasteiger partial charge on any atom is -0.381 e. The Hall–Kier alpha value is -3.14. The molecule has 1 aliphatic heterocycles. The van der Waals surface area contributed by atoms with Gasteiger partial charge < -0.3 is 15.0 Å². The van der Waals surface area contributed by atoms with Gasteiger partial charge in [-0.25, -0.2) is 0 Å². The van der Waals surface area contributed by atoms with E-state index in [1.807, 2.05) is 18.2 Å². The van der Waals surface area contributed by atoms with Crippen molar-refractivity contribution in [3.63, 3.8) is 0 Å². The highest BCUT2D eigenvalue weighted by Crippen LogP contribution is 2.29. The number of rotatable bonds is 5. The maximum absolute atomic E-state index is 9.08. The fourth-order valence-corrected chi connectivity index (χ4v) is 4.08. The first-order valence-corrected chi connectivity index (χ1v) is 10.1. The molecule has 0 amide bonds. The Kier molecular flexibility index (Phi) is 4.76. The number of hydrogen-bond donors (Lipinski definition) is 3. The van der Waals surface area contributed by atoms with E-state index in [4.69, 9.17) is 10.00 Å². The number of ether oxygens (including phenoxy) is 1. The Bertz CT molecular complexity index is 1190. The fraction of sp³-hybridized carbons (Fsp3) is 0.304. The summed E-state index contributed by atoms with van der Waals surface area (Å²) in [6.45, 7) is 3.69. The number of fused-ring (bicyclic) bond motifs is 2. The highest BCUT2D eigenvalue weighted by atomic mass is 16.5. The van der Waals surface area contributed by atoms with Gasteiger partial charge in [0, 0.05) is 36.0 Å². The van der Waals surface area contributed by atoms with E-state index >= 15 is 0 Å². The summed E-state index contributed by atoms with van der Waals surface area (Å²) in [5, 5.41) is 22.3. The third-order valence-electron chi connectivity index (χ3n) is 5.74. The monoisotopic (exact) mass is 385 g/mol. The van der Waals surface area contributed by atoms with Crippen LogP contribution in [-0.4, -0.2) is 34.9 Å². The van der Waals surface area contributed by atoms with Gasteiger partial charge >= 0.3 is 0 Å². The largest absolute Gasteiger partial charge is 0.381 e. The third kappa shape index (κ3) is 3.63. The second-order valence-electron chi connectivity index (χ2n) is 7.74. The van der Waals surface area contributed by atoms with Crippen LogP contribution >= 0.6 is 0 Å². The van der Waals surface area contributed by atoms with Crippen LogP contribution in [0.15, 0.2) is 42.5 Å². The summed E-state index contributed by atoms with van der Waals surface area (Å²) in [6.07, 6.45) is 2.30. The van der Waals surface area contributed by atoms with Crippen LogP contribution in [0.4, 0.5) is 0 Å². The van der Waals surface area contributed by atoms with E-state index in [9.17, 15) is 0 Å². The second-order valence-corrected chi connectivity index (χ2v) is 7.74. The molecular weight excluding hydrogens is 362 g/mol. The summed E-state index contributed by atoms with van der Waals surface area (Å²) in [5.41, 5.74) is 5.72. The van der Waals surface area contributed by atoms with Gasteiger partial charge in [0.25, 0.3) is 0 Å². The van der Waals surface area contributed by atoms with Crippen LogP contribution in [-0.2, 0) is 11.3 Å². The summed E-state index contributed by atoms with van der Waals surface area (Å²) in [5.74, 6) is 0.721. The van der Waals surface area contributed by atoms with Crippen LogP contribution in [0.25, 0.3) is 33.2 Å². The number of aromatic nitrogens is 3. The maximum atomic E-state index is 9.08. The molecule has 29 heavy (non-hydrogen) atoms. The lowest BCUT2D eigenvalue weighted by Gasteiger charge is -2.22. The maximum Gasteiger partial charge on any atom is 0.116 e. The zero-order valence-electron chi connectivity index (χ0n) is 16.2. The first-order chi connectivity index (χ1) is 14.3. The molecule has 0 spiro atoms. The molecule has 146 valence electrons. The van der Waals surface area contributed by atoms with Crippen molar-refractivity contribution >= 4 is 21.8 Å². The summed E-state index contributed by atoms with van der Waals surface area (Å²) in [6, 6.07) is 16.4. The topological polar surface area (TPSA) is 89.5 Å². The van der Waals surface area contributed by atoms with Crippen molar-refractivity contribution in [3.05, 3.63) is 53.6 Å². The molecule has 0 atom stereocenters. The normalized spacial score (nSPS) is 15.1. The highest BCUT2D eigenvalue weighted by Gasteiger charge is 2.14. The van der Waals surface area contributed by atoms with Crippen molar-refractivity contribution in [3.8, 4) is 17.5 Å². The van der Waals surface area contributed by atoms with Crippen molar-refractivity contribution < 1.29 is 4.74 Å². The lowest BCUT2D eigenvalue weighted by Crippen LogP contribution is -2.27. The molecule has 0 bridgehead atoms. The Balaban J connectivity index is 1.35. The van der Waals surface area contributed by atoms with E-state index in [-0.39, 0.29) is 0 Å². The quantitative estimate of drug-likeness (QED) is 0.482. The fourth-order valence-electron chi connectivity index (χ4n) is 4.08. The highest BCUT2D eigenvalue weighted by molar-refractivity contribution is 5.96. The molecule has 3 N–H and O–H groups in total. The van der Waals surface area contributed by atoms with Gasteiger partial charge in [-0.2, -0.15) is 10.4 Å². The van der Waals surface area contributed by atoms with Crippen LogP contribution < -0.4 is 5.32 Å². The van der Waals surface area contributed by atoms with Crippen molar-refractivity contribution in [2.24, 2.45) is 5.92 Å². The summed E-state index contributed by atoms with van der Waals surface area (Å²) >= 11 is 0. The number of H-pyrrole nitrogens is 2. The SMILES string of the molecule is N#Cc1ccc2c(-c3cc4ccc(CNCC5CCOCC5)cc4[nH]3)n[nH]c2c1. The first kappa shape index (κ1) is 17.9. The lowest BCUT2D eigenvalue weighted by molar-refractivity contribution is 0.0662. The Labute approximate surface area is 168 Å². The van der Waals surface area contributed by atoms with Gasteiger partial charge in [-0.3, -0.25) is 5.10 Å². The summed E-state index contributed by atoms with van der Waals surface area (Å²) in [7, 11) is 0.